The van der Waals surface area contributed by atoms with Crippen molar-refractivity contribution in [2.24, 2.45) is 0 Å². The normalized spacial score (nSPS) is 15.6. The molecule has 6 nitrogen and oxygen atoms in total. The minimum atomic E-state index is -3.94. The maximum atomic E-state index is 13.7. The van der Waals surface area contributed by atoms with Crippen LogP contribution < -0.4 is 4.72 Å². The average Bonchev–Trinajstić information content (AvgIpc) is 2.69. The zero-order valence-electron chi connectivity index (χ0n) is 15.1. The third-order valence-corrected chi connectivity index (χ3v) is 6.02. The summed E-state index contributed by atoms with van der Waals surface area (Å²) in [6.07, 6.45) is 0. The molecule has 0 aliphatic carbocycles. The SMILES string of the molecule is CCN1CCN(C(=O)c2ccc(S(=O)(=O)Nc3ccccc3F)cc2)CC1. The molecular formula is C19H22FN3O3S. The van der Waals surface area contributed by atoms with Crippen molar-refractivity contribution in [1.29, 1.82) is 0 Å². The van der Waals surface area contributed by atoms with Crippen LogP contribution >= 0.6 is 0 Å². The Balaban J connectivity index is 1.71. The van der Waals surface area contributed by atoms with Crippen LogP contribution in [0, 0.1) is 5.82 Å². The summed E-state index contributed by atoms with van der Waals surface area (Å²) >= 11 is 0. The number of carbonyl (C=O) groups excluding carboxylic acids is 1. The Morgan fingerprint density at radius 2 is 1.67 bits per heavy atom. The van der Waals surface area contributed by atoms with Gasteiger partial charge >= 0.3 is 0 Å². The van der Waals surface area contributed by atoms with Crippen LogP contribution in [0.3, 0.4) is 0 Å². The van der Waals surface area contributed by atoms with Crippen molar-refractivity contribution in [3.05, 3.63) is 59.9 Å². The molecule has 0 radical (unpaired) electrons. The number of halogens is 1. The maximum absolute atomic E-state index is 13.7. The molecule has 0 bridgehead atoms. The van der Waals surface area contributed by atoms with E-state index in [0.29, 0.717) is 18.7 Å². The summed E-state index contributed by atoms with van der Waals surface area (Å²) in [7, 11) is -3.94. The molecule has 8 heteroatoms. The summed E-state index contributed by atoms with van der Waals surface area (Å²) in [5.41, 5.74) is 0.316. The van der Waals surface area contributed by atoms with Crippen molar-refractivity contribution in [3.8, 4) is 0 Å². The number of rotatable bonds is 5. The quantitative estimate of drug-likeness (QED) is 0.850. The van der Waals surface area contributed by atoms with Gasteiger partial charge < -0.3 is 9.80 Å². The fourth-order valence-corrected chi connectivity index (χ4v) is 4.04. The number of carbonyl (C=O) groups is 1. The topological polar surface area (TPSA) is 69.7 Å². The van der Waals surface area contributed by atoms with Gasteiger partial charge in [-0.3, -0.25) is 9.52 Å². The van der Waals surface area contributed by atoms with Crippen LogP contribution in [0.1, 0.15) is 17.3 Å². The van der Waals surface area contributed by atoms with E-state index in [1.165, 1.54) is 42.5 Å². The first kappa shape index (κ1) is 19.3. The Hall–Kier alpha value is -2.45. The van der Waals surface area contributed by atoms with E-state index in [0.717, 1.165) is 19.6 Å². The lowest BCUT2D eigenvalue weighted by Gasteiger charge is -2.34. The average molecular weight is 391 g/mol. The molecule has 27 heavy (non-hydrogen) atoms. The lowest BCUT2D eigenvalue weighted by atomic mass is 10.2. The van der Waals surface area contributed by atoms with E-state index in [9.17, 15) is 17.6 Å². The highest BCUT2D eigenvalue weighted by molar-refractivity contribution is 7.92. The monoisotopic (exact) mass is 391 g/mol. The Bertz CT molecular complexity index is 908. The van der Waals surface area contributed by atoms with Crippen LogP contribution in [0.4, 0.5) is 10.1 Å². The molecule has 0 unspecified atom stereocenters. The summed E-state index contributed by atoms with van der Waals surface area (Å²) in [5.74, 6) is -0.768. The van der Waals surface area contributed by atoms with E-state index in [4.69, 9.17) is 0 Å². The highest BCUT2D eigenvalue weighted by Crippen LogP contribution is 2.19. The fraction of sp³-hybridized carbons (Fsp3) is 0.316. The lowest BCUT2D eigenvalue weighted by molar-refractivity contribution is 0.0643. The predicted molar refractivity (Wildman–Crippen MR) is 102 cm³/mol. The van der Waals surface area contributed by atoms with E-state index >= 15 is 0 Å². The molecule has 1 heterocycles. The van der Waals surface area contributed by atoms with Gasteiger partial charge in [0.25, 0.3) is 15.9 Å². The molecule has 2 aromatic carbocycles. The molecule has 0 atom stereocenters. The number of sulfonamides is 1. The number of hydrogen-bond acceptors (Lipinski definition) is 4. The predicted octanol–water partition coefficient (Wildman–Crippen LogP) is 2.40. The third kappa shape index (κ3) is 4.45. The van der Waals surface area contributed by atoms with Crippen LogP contribution in [-0.4, -0.2) is 56.8 Å². The fourth-order valence-electron chi connectivity index (χ4n) is 2.97. The van der Waals surface area contributed by atoms with Gasteiger partial charge in [-0.05, 0) is 42.9 Å². The third-order valence-electron chi connectivity index (χ3n) is 4.64. The first-order valence-corrected chi connectivity index (χ1v) is 10.3. The molecule has 1 fully saturated rings. The first-order valence-electron chi connectivity index (χ1n) is 8.80. The van der Waals surface area contributed by atoms with Crippen molar-refractivity contribution >= 4 is 21.6 Å². The van der Waals surface area contributed by atoms with Crippen LogP contribution in [0.15, 0.2) is 53.4 Å². The van der Waals surface area contributed by atoms with E-state index in [-0.39, 0.29) is 16.5 Å². The maximum Gasteiger partial charge on any atom is 0.261 e. The summed E-state index contributed by atoms with van der Waals surface area (Å²) < 4.78 is 40.8. The number of amides is 1. The Morgan fingerprint density at radius 3 is 2.26 bits per heavy atom. The van der Waals surface area contributed by atoms with E-state index in [1.807, 2.05) is 0 Å². The van der Waals surface area contributed by atoms with Gasteiger partial charge in [0.15, 0.2) is 0 Å². The van der Waals surface area contributed by atoms with E-state index in [2.05, 4.69) is 16.5 Å². The van der Waals surface area contributed by atoms with Gasteiger partial charge in [-0.1, -0.05) is 19.1 Å². The second-order valence-corrected chi connectivity index (χ2v) is 8.02. The first-order chi connectivity index (χ1) is 12.9. The summed E-state index contributed by atoms with van der Waals surface area (Å²) in [5, 5.41) is 0. The van der Waals surface area contributed by atoms with Gasteiger partial charge in [0.1, 0.15) is 5.82 Å². The molecule has 1 amide bonds. The molecule has 1 N–H and O–H groups in total. The van der Waals surface area contributed by atoms with Crippen molar-refractivity contribution in [2.75, 3.05) is 37.4 Å². The second kappa shape index (κ2) is 8.06. The number of piperazine rings is 1. The summed E-state index contributed by atoms with van der Waals surface area (Å²) in [6, 6.07) is 11.2. The Kier molecular flexibility index (Phi) is 5.76. The highest BCUT2D eigenvalue weighted by Gasteiger charge is 2.22. The van der Waals surface area contributed by atoms with Gasteiger partial charge in [0.2, 0.25) is 0 Å². The molecule has 0 saturated carbocycles. The smallest absolute Gasteiger partial charge is 0.261 e. The minimum absolute atomic E-state index is 0.0295. The van der Waals surface area contributed by atoms with Gasteiger partial charge in [0, 0.05) is 31.7 Å². The van der Waals surface area contributed by atoms with E-state index in [1.54, 1.807) is 11.0 Å². The molecule has 1 saturated heterocycles. The number of anilines is 1. The van der Waals surface area contributed by atoms with Gasteiger partial charge in [0.05, 0.1) is 10.6 Å². The molecular weight excluding hydrogens is 369 g/mol. The Morgan fingerprint density at radius 1 is 1.04 bits per heavy atom. The van der Waals surface area contributed by atoms with Crippen molar-refractivity contribution in [3.63, 3.8) is 0 Å². The highest BCUT2D eigenvalue weighted by atomic mass is 32.2. The van der Waals surface area contributed by atoms with Crippen molar-refractivity contribution in [2.45, 2.75) is 11.8 Å². The summed E-state index contributed by atoms with van der Waals surface area (Å²) in [6.45, 7) is 6.03. The number of hydrogen-bond donors (Lipinski definition) is 1. The molecule has 144 valence electrons. The molecule has 3 rings (SSSR count). The zero-order valence-corrected chi connectivity index (χ0v) is 15.9. The van der Waals surface area contributed by atoms with Gasteiger partial charge in [-0.2, -0.15) is 0 Å². The van der Waals surface area contributed by atoms with Crippen molar-refractivity contribution in [1.82, 2.24) is 9.80 Å². The largest absolute Gasteiger partial charge is 0.336 e. The molecule has 0 aromatic heterocycles. The van der Waals surface area contributed by atoms with Crippen molar-refractivity contribution < 1.29 is 17.6 Å². The number of likely N-dealkylation sites (N-methyl/N-ethyl adjacent to an activating group) is 1. The van der Waals surface area contributed by atoms with Gasteiger partial charge in [-0.15, -0.1) is 0 Å². The number of para-hydroxylation sites is 1. The Labute approximate surface area is 158 Å². The zero-order chi connectivity index (χ0) is 19.4. The number of nitrogens with one attached hydrogen (secondary N) is 1. The van der Waals surface area contributed by atoms with E-state index < -0.39 is 15.8 Å². The molecule has 1 aliphatic rings. The number of nitrogens with zero attached hydrogens (tertiary/aromatic N) is 2. The molecule has 2 aromatic rings. The summed E-state index contributed by atoms with van der Waals surface area (Å²) in [4.78, 5) is 16.6. The van der Waals surface area contributed by atoms with Crippen LogP contribution in [0.2, 0.25) is 0 Å². The lowest BCUT2D eigenvalue weighted by Crippen LogP contribution is -2.48. The van der Waals surface area contributed by atoms with Crippen LogP contribution in [-0.2, 0) is 10.0 Å². The second-order valence-electron chi connectivity index (χ2n) is 6.34. The van der Waals surface area contributed by atoms with Crippen LogP contribution in [0.5, 0.6) is 0 Å². The standard InChI is InChI=1S/C19H22FN3O3S/c1-2-22-11-13-23(14-12-22)19(24)15-7-9-16(10-8-15)27(25,26)21-18-6-4-3-5-17(18)20/h3-10,21H,2,11-14H2,1H3. The molecule has 0 spiro atoms. The van der Waals surface area contributed by atoms with Crippen LogP contribution in [0.25, 0.3) is 0 Å². The molecule has 1 aliphatic heterocycles. The minimum Gasteiger partial charge on any atom is -0.336 e. The van der Waals surface area contributed by atoms with Gasteiger partial charge in [-0.25, -0.2) is 12.8 Å². The number of benzene rings is 2.